The van der Waals surface area contributed by atoms with E-state index in [-0.39, 0.29) is 12.2 Å². The van der Waals surface area contributed by atoms with Crippen LogP contribution in [0.25, 0.3) is 0 Å². The van der Waals surface area contributed by atoms with E-state index in [0.717, 1.165) is 10.7 Å². The van der Waals surface area contributed by atoms with E-state index in [1.807, 2.05) is 0 Å². The molecule has 1 rings (SSSR count). The van der Waals surface area contributed by atoms with Crippen molar-refractivity contribution in [1.82, 2.24) is 10.6 Å². The zero-order chi connectivity index (χ0) is 22.2. The second-order valence-electron chi connectivity index (χ2n) is 7.38. The lowest BCUT2D eigenvalue weighted by atomic mass is 10.2. The third-order valence-corrected chi connectivity index (χ3v) is 4.83. The first-order chi connectivity index (χ1) is 13.2. The molecule has 0 saturated heterocycles. The maximum atomic E-state index is 12.4. The average molecular weight is 492 g/mol. The Hall–Kier alpha value is -2.14. The molecule has 0 heterocycles. The Labute approximate surface area is 179 Å². The quantitative estimate of drug-likeness (QED) is 0.475. The highest BCUT2D eigenvalue weighted by molar-refractivity contribution is 9.10. The Morgan fingerprint density at radius 1 is 1.14 bits per heavy atom. The number of halogens is 1. The molecule has 0 aliphatic heterocycles. The summed E-state index contributed by atoms with van der Waals surface area (Å²) in [6.45, 7) is 4.67. The first kappa shape index (κ1) is 24.9. The highest BCUT2D eigenvalue weighted by Crippen LogP contribution is 2.14. The summed E-state index contributed by atoms with van der Waals surface area (Å²) >= 11 is 3.28. The fourth-order valence-electron chi connectivity index (χ4n) is 2.12. The molecule has 3 N–H and O–H groups in total. The number of rotatable bonds is 8. The zero-order valence-electron chi connectivity index (χ0n) is 16.7. The molecule has 1 aromatic carbocycles. The molecule has 1 atom stereocenters. The number of amides is 3. The SMILES string of the molecule is CC(C)(C)OC(=O)CNC(=O)[C@H](CCS(C)(=O)=O)NC(=O)Nc1ccc(Br)cc1. The van der Waals surface area contributed by atoms with Gasteiger partial charge in [-0.1, -0.05) is 15.9 Å². The minimum absolute atomic E-state index is 0.146. The fraction of sp³-hybridized carbons (Fsp3) is 0.500. The summed E-state index contributed by atoms with van der Waals surface area (Å²) in [5.74, 6) is -1.65. The van der Waals surface area contributed by atoms with E-state index in [4.69, 9.17) is 4.74 Å². The molecule has 0 fully saturated rings. The van der Waals surface area contributed by atoms with Crippen molar-refractivity contribution in [1.29, 1.82) is 0 Å². The molecule has 11 heteroatoms. The van der Waals surface area contributed by atoms with Gasteiger partial charge in [-0.05, 0) is 51.5 Å². The van der Waals surface area contributed by atoms with Crippen molar-refractivity contribution in [2.24, 2.45) is 0 Å². The number of urea groups is 1. The van der Waals surface area contributed by atoms with Gasteiger partial charge in [0, 0.05) is 16.4 Å². The third kappa shape index (κ3) is 11.4. The van der Waals surface area contributed by atoms with Gasteiger partial charge in [0.05, 0.1) is 5.75 Å². The van der Waals surface area contributed by atoms with E-state index < -0.39 is 45.9 Å². The molecule has 162 valence electrons. The Kier molecular flexibility index (Phi) is 9.09. The van der Waals surface area contributed by atoms with E-state index in [0.29, 0.717) is 5.69 Å². The molecule has 29 heavy (non-hydrogen) atoms. The van der Waals surface area contributed by atoms with E-state index in [9.17, 15) is 22.8 Å². The predicted molar refractivity (Wildman–Crippen MR) is 113 cm³/mol. The second kappa shape index (κ2) is 10.6. The molecule has 0 aliphatic carbocycles. The van der Waals surface area contributed by atoms with Crippen LogP contribution in [0.15, 0.2) is 28.7 Å². The van der Waals surface area contributed by atoms with E-state index in [2.05, 4.69) is 31.9 Å². The van der Waals surface area contributed by atoms with Gasteiger partial charge >= 0.3 is 12.0 Å². The van der Waals surface area contributed by atoms with Crippen LogP contribution in [0.2, 0.25) is 0 Å². The molecular weight excluding hydrogens is 466 g/mol. The molecule has 0 radical (unpaired) electrons. The summed E-state index contributed by atoms with van der Waals surface area (Å²) in [6.07, 6.45) is 0.886. The molecular formula is C18H26BrN3O6S. The lowest BCUT2D eigenvalue weighted by Crippen LogP contribution is -2.50. The fourth-order valence-corrected chi connectivity index (χ4v) is 3.05. The molecule has 0 aliphatic rings. The van der Waals surface area contributed by atoms with Gasteiger partial charge in [-0.25, -0.2) is 13.2 Å². The standard InChI is InChI=1S/C18H26BrN3O6S/c1-18(2,3)28-15(23)11-20-16(24)14(9-10-29(4,26)27)22-17(25)21-13-7-5-12(19)6-8-13/h5-8,14H,9-11H2,1-4H3,(H,20,24)(H2,21,22,25)/t14-/m0/s1. The zero-order valence-corrected chi connectivity index (χ0v) is 19.1. The van der Waals surface area contributed by atoms with Crippen molar-refractivity contribution in [3.63, 3.8) is 0 Å². The highest BCUT2D eigenvalue weighted by atomic mass is 79.9. The number of hydrogen-bond donors (Lipinski definition) is 3. The molecule has 0 spiro atoms. The molecule has 3 amide bonds. The predicted octanol–water partition coefficient (Wildman–Crippen LogP) is 1.83. The molecule has 0 aromatic heterocycles. The first-order valence-corrected chi connectivity index (χ1v) is 11.6. The van der Waals surface area contributed by atoms with Gasteiger partial charge in [-0.3, -0.25) is 9.59 Å². The van der Waals surface area contributed by atoms with Crippen molar-refractivity contribution >= 4 is 49.4 Å². The number of ether oxygens (including phenoxy) is 1. The third-order valence-electron chi connectivity index (χ3n) is 3.33. The molecule has 1 aromatic rings. The van der Waals surface area contributed by atoms with Crippen LogP contribution >= 0.6 is 15.9 Å². The van der Waals surface area contributed by atoms with Crippen molar-refractivity contribution in [3.8, 4) is 0 Å². The normalized spacial score (nSPS) is 12.6. The largest absolute Gasteiger partial charge is 0.459 e. The number of benzene rings is 1. The van der Waals surface area contributed by atoms with Crippen molar-refractivity contribution in [2.45, 2.75) is 38.8 Å². The number of hydrogen-bond acceptors (Lipinski definition) is 6. The summed E-state index contributed by atoms with van der Waals surface area (Å²) in [6, 6.07) is 4.92. The number of nitrogens with one attached hydrogen (secondary N) is 3. The van der Waals surface area contributed by atoms with Crippen LogP contribution in [0.3, 0.4) is 0 Å². The lowest BCUT2D eigenvalue weighted by Gasteiger charge is -2.21. The van der Waals surface area contributed by atoms with E-state index >= 15 is 0 Å². The number of sulfone groups is 1. The molecule has 0 bridgehead atoms. The van der Waals surface area contributed by atoms with E-state index in [1.165, 1.54) is 0 Å². The van der Waals surface area contributed by atoms with Gasteiger partial charge in [-0.15, -0.1) is 0 Å². The molecule has 9 nitrogen and oxygen atoms in total. The Bertz CT molecular complexity index is 834. The van der Waals surface area contributed by atoms with Crippen molar-refractivity contribution < 1.29 is 27.5 Å². The van der Waals surface area contributed by atoms with Crippen LogP contribution in [0, 0.1) is 0 Å². The minimum atomic E-state index is -3.36. The topological polar surface area (TPSA) is 131 Å². The van der Waals surface area contributed by atoms with Crippen LogP contribution in [0.5, 0.6) is 0 Å². The smallest absolute Gasteiger partial charge is 0.325 e. The van der Waals surface area contributed by atoms with Gasteiger partial charge in [0.15, 0.2) is 0 Å². The van der Waals surface area contributed by atoms with Gasteiger partial charge in [0.2, 0.25) is 5.91 Å². The summed E-state index contributed by atoms with van der Waals surface area (Å²) in [4.78, 5) is 36.4. The summed E-state index contributed by atoms with van der Waals surface area (Å²) < 4.78 is 28.8. The maximum absolute atomic E-state index is 12.4. The molecule has 0 unspecified atom stereocenters. The van der Waals surface area contributed by atoms with Crippen LogP contribution in [-0.4, -0.2) is 56.5 Å². The summed E-state index contributed by atoms with van der Waals surface area (Å²) in [5, 5.41) is 7.35. The van der Waals surface area contributed by atoms with Crippen molar-refractivity contribution in [2.75, 3.05) is 23.9 Å². The molecule has 0 saturated carbocycles. The Morgan fingerprint density at radius 2 is 1.72 bits per heavy atom. The number of esters is 1. The number of anilines is 1. The van der Waals surface area contributed by atoms with Gasteiger partial charge in [0.1, 0.15) is 28.0 Å². The van der Waals surface area contributed by atoms with Crippen LogP contribution in [-0.2, 0) is 24.2 Å². The minimum Gasteiger partial charge on any atom is -0.459 e. The lowest BCUT2D eigenvalue weighted by molar-refractivity contribution is -0.154. The number of carbonyl (C=O) groups excluding carboxylic acids is 3. The van der Waals surface area contributed by atoms with Crippen molar-refractivity contribution in [3.05, 3.63) is 28.7 Å². The van der Waals surface area contributed by atoms with Crippen LogP contribution in [0.4, 0.5) is 10.5 Å². The van der Waals surface area contributed by atoms with Crippen LogP contribution in [0.1, 0.15) is 27.2 Å². The van der Waals surface area contributed by atoms with Gasteiger partial charge in [-0.2, -0.15) is 0 Å². The maximum Gasteiger partial charge on any atom is 0.325 e. The second-order valence-corrected chi connectivity index (χ2v) is 10.6. The highest BCUT2D eigenvalue weighted by Gasteiger charge is 2.24. The average Bonchev–Trinajstić information content (AvgIpc) is 2.56. The number of carbonyl (C=O) groups is 3. The summed E-state index contributed by atoms with van der Waals surface area (Å²) in [7, 11) is -3.36. The van der Waals surface area contributed by atoms with Gasteiger partial charge in [0.25, 0.3) is 0 Å². The summed E-state index contributed by atoms with van der Waals surface area (Å²) in [5.41, 5.74) is -0.220. The Balaban J connectivity index is 2.73. The van der Waals surface area contributed by atoms with Gasteiger partial charge < -0.3 is 20.7 Å². The van der Waals surface area contributed by atoms with Crippen LogP contribution < -0.4 is 16.0 Å². The Morgan fingerprint density at radius 3 is 2.24 bits per heavy atom. The monoisotopic (exact) mass is 491 g/mol. The van der Waals surface area contributed by atoms with E-state index in [1.54, 1.807) is 45.0 Å². The first-order valence-electron chi connectivity index (χ1n) is 8.75.